The zero-order valence-corrected chi connectivity index (χ0v) is 22.6. The van der Waals surface area contributed by atoms with Gasteiger partial charge in [0, 0.05) is 29.0 Å². The second-order valence-corrected chi connectivity index (χ2v) is 11.1. The number of methoxy groups -OCH3 is 1. The van der Waals surface area contributed by atoms with Crippen LogP contribution in [0.3, 0.4) is 0 Å². The lowest BCUT2D eigenvalue weighted by molar-refractivity contribution is 0.0691. The highest BCUT2D eigenvalue weighted by atomic mass is 32.2. The van der Waals surface area contributed by atoms with Crippen LogP contribution in [0.5, 0.6) is 11.5 Å². The average Bonchev–Trinajstić information content (AvgIpc) is 3.33. The van der Waals surface area contributed by atoms with Gasteiger partial charge in [0.2, 0.25) is 0 Å². The van der Waals surface area contributed by atoms with Crippen molar-refractivity contribution in [2.75, 3.05) is 18.4 Å². The number of benzene rings is 2. The van der Waals surface area contributed by atoms with Crippen molar-refractivity contribution in [1.29, 1.82) is 0 Å². The highest BCUT2D eigenvalue weighted by molar-refractivity contribution is 8.00. The Morgan fingerprint density at radius 1 is 1.27 bits per heavy atom. The molecule has 1 heterocycles. The second-order valence-electron chi connectivity index (χ2n) is 9.37. The Hall–Kier alpha value is -3.11. The topological polar surface area (TPSA) is 80.7 Å². The van der Waals surface area contributed by atoms with E-state index in [9.17, 15) is 9.18 Å². The lowest BCUT2D eigenvalue weighted by atomic mass is 9.77. The molecule has 10 heteroatoms. The van der Waals surface area contributed by atoms with Crippen molar-refractivity contribution >= 4 is 40.5 Å². The lowest BCUT2D eigenvalue weighted by Crippen LogP contribution is -2.14. The van der Waals surface area contributed by atoms with Crippen LogP contribution in [-0.4, -0.2) is 29.8 Å². The van der Waals surface area contributed by atoms with E-state index >= 15 is 4.39 Å². The molecule has 3 aromatic rings. The number of hydrogen-bond acceptors (Lipinski definition) is 7. The number of rotatable bonds is 9. The van der Waals surface area contributed by atoms with Crippen molar-refractivity contribution in [1.82, 2.24) is 4.98 Å². The number of ether oxygens (including phenoxy) is 2. The Kier molecular flexibility index (Phi) is 8.08. The summed E-state index contributed by atoms with van der Waals surface area (Å²) >= 11 is 2.35. The molecule has 0 aliphatic heterocycles. The summed E-state index contributed by atoms with van der Waals surface area (Å²) in [7, 11) is 1.36. The van der Waals surface area contributed by atoms with Gasteiger partial charge in [-0.15, -0.1) is 11.3 Å². The molecule has 1 aliphatic rings. The van der Waals surface area contributed by atoms with Crippen LogP contribution < -0.4 is 14.2 Å². The fourth-order valence-electron chi connectivity index (χ4n) is 4.08. The minimum Gasteiger partial charge on any atom is -0.495 e. The van der Waals surface area contributed by atoms with E-state index in [-0.39, 0.29) is 22.6 Å². The fourth-order valence-corrected chi connectivity index (χ4v) is 5.69. The van der Waals surface area contributed by atoms with Gasteiger partial charge in [-0.25, -0.2) is 18.6 Å². The van der Waals surface area contributed by atoms with Gasteiger partial charge >= 0.3 is 5.97 Å². The SMILES string of the molecule is CCOc1c(C2=CCC(C)(C)CC2)ccc(-c2nc(SNc3cc(F)c(C(=O)O)cc3OC)cs2)c1F. The third-order valence-corrected chi connectivity index (χ3v) is 7.97. The monoisotopic (exact) mass is 546 g/mol. The molecule has 37 heavy (non-hydrogen) atoms. The van der Waals surface area contributed by atoms with E-state index < -0.39 is 23.2 Å². The summed E-state index contributed by atoms with van der Waals surface area (Å²) in [5.41, 5.74) is 2.23. The maximum absolute atomic E-state index is 15.7. The summed E-state index contributed by atoms with van der Waals surface area (Å²) in [4.78, 5) is 15.7. The van der Waals surface area contributed by atoms with Gasteiger partial charge in [0.25, 0.3) is 0 Å². The predicted octanol–water partition coefficient (Wildman–Crippen LogP) is 7.91. The third-order valence-electron chi connectivity index (χ3n) is 6.20. The number of carboxylic acids is 1. The van der Waals surface area contributed by atoms with Crippen molar-refractivity contribution < 1.29 is 28.2 Å². The van der Waals surface area contributed by atoms with Crippen molar-refractivity contribution in [2.45, 2.75) is 45.1 Å². The number of nitrogens with zero attached hydrogens (tertiary/aromatic N) is 1. The highest BCUT2D eigenvalue weighted by Crippen LogP contribution is 2.43. The Bertz CT molecular complexity index is 1350. The zero-order valence-electron chi connectivity index (χ0n) is 21.0. The number of thiazole rings is 1. The van der Waals surface area contributed by atoms with Gasteiger partial charge in [-0.1, -0.05) is 26.0 Å². The summed E-state index contributed by atoms with van der Waals surface area (Å²) in [6, 6.07) is 5.80. The Morgan fingerprint density at radius 3 is 2.68 bits per heavy atom. The summed E-state index contributed by atoms with van der Waals surface area (Å²) in [5.74, 6) is -2.31. The summed E-state index contributed by atoms with van der Waals surface area (Å²) in [6.07, 6.45) is 5.02. The largest absolute Gasteiger partial charge is 0.495 e. The number of allylic oxidation sites excluding steroid dienone is 2. The van der Waals surface area contributed by atoms with Crippen LogP contribution >= 0.6 is 23.3 Å². The van der Waals surface area contributed by atoms with E-state index in [1.807, 2.05) is 13.0 Å². The molecule has 4 rings (SSSR count). The van der Waals surface area contributed by atoms with Gasteiger partial charge < -0.3 is 19.3 Å². The molecule has 2 aromatic carbocycles. The number of carbonyl (C=O) groups is 1. The first-order valence-corrected chi connectivity index (χ1v) is 13.5. The minimum absolute atomic E-state index is 0.171. The number of hydrogen-bond donors (Lipinski definition) is 2. The molecule has 6 nitrogen and oxygen atoms in total. The van der Waals surface area contributed by atoms with Gasteiger partial charge in [-0.2, -0.15) is 0 Å². The van der Waals surface area contributed by atoms with Crippen molar-refractivity contribution in [2.24, 2.45) is 5.41 Å². The van der Waals surface area contributed by atoms with Crippen molar-refractivity contribution in [3.63, 3.8) is 0 Å². The molecule has 2 N–H and O–H groups in total. The van der Waals surface area contributed by atoms with Gasteiger partial charge in [0.05, 0.1) is 30.5 Å². The molecular weight excluding hydrogens is 518 g/mol. The molecule has 196 valence electrons. The van der Waals surface area contributed by atoms with Crippen molar-refractivity contribution in [3.05, 3.63) is 58.5 Å². The Balaban J connectivity index is 1.57. The summed E-state index contributed by atoms with van der Waals surface area (Å²) in [6.45, 7) is 6.64. The smallest absolute Gasteiger partial charge is 0.338 e. The fraction of sp³-hybridized carbons (Fsp3) is 0.333. The number of aromatic carboxylic acids is 1. The molecule has 0 saturated carbocycles. The van der Waals surface area contributed by atoms with E-state index in [0.29, 0.717) is 22.2 Å². The molecule has 0 amide bonds. The molecule has 0 spiro atoms. The molecule has 0 fully saturated rings. The first kappa shape index (κ1) is 26.9. The van der Waals surface area contributed by atoms with Crippen LogP contribution in [0.4, 0.5) is 14.5 Å². The third kappa shape index (κ3) is 5.91. The van der Waals surface area contributed by atoms with Crippen LogP contribution in [0.2, 0.25) is 0 Å². The molecule has 1 aliphatic carbocycles. The number of aromatic nitrogens is 1. The van der Waals surface area contributed by atoms with E-state index in [1.165, 1.54) is 18.4 Å². The predicted molar refractivity (Wildman–Crippen MR) is 144 cm³/mol. The zero-order chi connectivity index (χ0) is 26.7. The second kappa shape index (κ2) is 11.1. The molecule has 0 unspecified atom stereocenters. The highest BCUT2D eigenvalue weighted by Gasteiger charge is 2.26. The quantitative estimate of drug-likeness (QED) is 0.264. The maximum atomic E-state index is 15.7. The summed E-state index contributed by atoms with van der Waals surface area (Å²) < 4.78 is 43.8. The number of anilines is 1. The molecule has 1 aromatic heterocycles. The number of carboxylic acid groups (broad SMARTS) is 1. The van der Waals surface area contributed by atoms with Gasteiger partial charge in [-0.05, 0) is 49.3 Å². The summed E-state index contributed by atoms with van der Waals surface area (Å²) in [5, 5.41) is 11.9. The van der Waals surface area contributed by atoms with E-state index in [2.05, 4.69) is 29.6 Å². The van der Waals surface area contributed by atoms with Gasteiger partial charge in [0.1, 0.15) is 21.6 Å². The standard InChI is InChI=1S/C27H28F2N2O4S2/c1-5-35-24-16(15-8-10-27(2,3)11-9-15)6-7-17(23(24)29)25-30-22(14-36-25)37-31-20-13-19(28)18(26(32)33)12-21(20)34-4/h6-8,12-14,31H,5,9-11H2,1-4H3,(H,32,33). The maximum Gasteiger partial charge on any atom is 0.338 e. The van der Waals surface area contributed by atoms with Crippen molar-refractivity contribution in [3.8, 4) is 22.1 Å². The van der Waals surface area contributed by atoms with E-state index in [1.54, 1.807) is 11.4 Å². The van der Waals surface area contributed by atoms with Crippen LogP contribution in [0.15, 0.2) is 40.7 Å². The van der Waals surface area contributed by atoms with Crippen LogP contribution in [-0.2, 0) is 0 Å². The Morgan fingerprint density at radius 2 is 2.03 bits per heavy atom. The van der Waals surface area contributed by atoms with Gasteiger partial charge in [-0.3, -0.25) is 0 Å². The van der Waals surface area contributed by atoms with Crippen LogP contribution in [0, 0.1) is 17.0 Å². The average molecular weight is 547 g/mol. The van der Waals surface area contributed by atoms with Crippen LogP contribution in [0.1, 0.15) is 56.0 Å². The molecule has 0 bridgehead atoms. The molecule has 0 atom stereocenters. The molecule has 0 radical (unpaired) electrons. The molecular formula is C27H28F2N2O4S2. The normalized spacial score (nSPS) is 14.7. The lowest BCUT2D eigenvalue weighted by Gasteiger charge is -2.29. The van der Waals surface area contributed by atoms with E-state index in [4.69, 9.17) is 14.6 Å². The van der Waals surface area contributed by atoms with E-state index in [0.717, 1.165) is 54.5 Å². The first-order valence-electron chi connectivity index (χ1n) is 11.8. The Labute approximate surface area is 222 Å². The van der Waals surface area contributed by atoms with Crippen LogP contribution in [0.25, 0.3) is 16.1 Å². The van der Waals surface area contributed by atoms with Gasteiger partial charge in [0.15, 0.2) is 11.6 Å². The number of halogens is 2. The molecule has 0 saturated heterocycles. The first-order chi connectivity index (χ1) is 17.6. The minimum atomic E-state index is -1.39. The number of nitrogens with one attached hydrogen (secondary N) is 1.